The van der Waals surface area contributed by atoms with Gasteiger partial charge in [0.05, 0.1) is 12.8 Å². The molecule has 1 aromatic rings. The first-order valence-electron chi connectivity index (χ1n) is 7.57. The molecule has 0 atom stereocenters. The van der Waals surface area contributed by atoms with Gasteiger partial charge in [0.2, 0.25) is 5.76 Å². The Morgan fingerprint density at radius 1 is 1.42 bits per heavy atom. The molecule has 6 heteroatoms. The van der Waals surface area contributed by atoms with E-state index in [1.54, 1.807) is 24.4 Å². The molecular weight excluding hydrogens is 308 g/mol. The van der Waals surface area contributed by atoms with Crippen LogP contribution in [0.1, 0.15) is 25.8 Å². The van der Waals surface area contributed by atoms with Crippen molar-refractivity contribution in [1.82, 2.24) is 0 Å². The van der Waals surface area contributed by atoms with Crippen molar-refractivity contribution in [3.8, 4) is 5.75 Å². The highest BCUT2D eigenvalue weighted by atomic mass is 16.6. The third-order valence-corrected chi connectivity index (χ3v) is 3.05. The van der Waals surface area contributed by atoms with Gasteiger partial charge in [0.15, 0.2) is 0 Å². The van der Waals surface area contributed by atoms with Crippen LogP contribution < -0.4 is 10.5 Å². The number of carbonyl (C=O) groups is 1. The molecule has 0 saturated carbocycles. The first-order chi connectivity index (χ1) is 11.4. The van der Waals surface area contributed by atoms with Gasteiger partial charge in [-0.15, -0.1) is 0 Å². The van der Waals surface area contributed by atoms with Gasteiger partial charge in [0, 0.05) is 18.0 Å². The number of esters is 1. The van der Waals surface area contributed by atoms with Crippen LogP contribution in [0.5, 0.6) is 5.75 Å². The van der Waals surface area contributed by atoms with E-state index < -0.39 is 5.97 Å². The largest absolute Gasteiger partial charge is 0.511 e. The Bertz CT molecular complexity index is 661. The van der Waals surface area contributed by atoms with Gasteiger partial charge < -0.3 is 20.3 Å². The summed E-state index contributed by atoms with van der Waals surface area (Å²) >= 11 is 0. The lowest BCUT2D eigenvalue weighted by Crippen LogP contribution is -2.11. The fraction of sp³-hybridized carbons (Fsp3) is 0.333. The summed E-state index contributed by atoms with van der Waals surface area (Å²) in [5.41, 5.74) is 8.06. The van der Waals surface area contributed by atoms with Gasteiger partial charge in [-0.25, -0.2) is 4.79 Å². The Kier molecular flexibility index (Phi) is 7.55. The summed E-state index contributed by atoms with van der Waals surface area (Å²) in [4.78, 5) is 15.7. The molecule has 0 aromatic heterocycles. The maximum absolute atomic E-state index is 11.5. The van der Waals surface area contributed by atoms with E-state index in [0.717, 1.165) is 17.7 Å². The van der Waals surface area contributed by atoms with E-state index in [4.69, 9.17) is 15.6 Å². The summed E-state index contributed by atoms with van der Waals surface area (Å²) in [7, 11) is 1.21. The smallest absolute Gasteiger partial charge is 0.377 e. The van der Waals surface area contributed by atoms with Crippen LogP contribution in [0.3, 0.4) is 0 Å². The van der Waals surface area contributed by atoms with Crippen LogP contribution in [0.15, 0.2) is 47.0 Å². The normalized spacial score (nSPS) is 12.7. The van der Waals surface area contributed by atoms with Crippen LogP contribution in [-0.4, -0.2) is 24.4 Å². The third kappa shape index (κ3) is 6.16. The number of nitrogens with zero attached hydrogens (tertiary/aromatic N) is 1. The fourth-order valence-corrected chi connectivity index (χ4v) is 1.88. The number of aliphatic hydroxyl groups is 1. The van der Waals surface area contributed by atoms with Gasteiger partial charge >= 0.3 is 5.97 Å². The molecule has 0 heterocycles. The van der Waals surface area contributed by atoms with Crippen LogP contribution in [0.25, 0.3) is 0 Å². The molecule has 130 valence electrons. The Labute approximate surface area is 142 Å². The zero-order chi connectivity index (χ0) is 18.1. The predicted octanol–water partition coefficient (Wildman–Crippen LogP) is 3.54. The van der Waals surface area contributed by atoms with Crippen molar-refractivity contribution >= 4 is 17.9 Å². The minimum Gasteiger partial charge on any atom is -0.511 e. The van der Waals surface area contributed by atoms with E-state index in [1.807, 2.05) is 13.0 Å². The van der Waals surface area contributed by atoms with E-state index >= 15 is 0 Å². The zero-order valence-corrected chi connectivity index (χ0v) is 14.4. The number of ether oxygens (including phenoxy) is 2. The number of hydrogen-bond donors (Lipinski definition) is 2. The van der Waals surface area contributed by atoms with Gasteiger partial charge in [-0.1, -0.05) is 19.9 Å². The Morgan fingerprint density at radius 2 is 2.12 bits per heavy atom. The fourth-order valence-electron chi connectivity index (χ4n) is 1.88. The second-order valence-corrected chi connectivity index (χ2v) is 5.65. The van der Waals surface area contributed by atoms with Crippen LogP contribution in [0.4, 0.5) is 5.69 Å². The molecule has 0 fully saturated rings. The van der Waals surface area contributed by atoms with Crippen LogP contribution in [-0.2, 0) is 9.53 Å². The Hall–Kier alpha value is -2.76. The van der Waals surface area contributed by atoms with Crippen molar-refractivity contribution in [2.24, 2.45) is 16.6 Å². The van der Waals surface area contributed by atoms with Crippen molar-refractivity contribution in [3.63, 3.8) is 0 Å². The lowest BCUT2D eigenvalue weighted by molar-refractivity contribution is -0.138. The quantitative estimate of drug-likeness (QED) is 0.345. The third-order valence-electron chi connectivity index (χ3n) is 3.05. The second kappa shape index (κ2) is 9.39. The number of hydrogen-bond acceptors (Lipinski definition) is 6. The average Bonchev–Trinajstić information content (AvgIpc) is 2.53. The molecule has 0 unspecified atom stereocenters. The van der Waals surface area contributed by atoms with Gasteiger partial charge in [-0.2, -0.15) is 0 Å². The van der Waals surface area contributed by atoms with E-state index in [2.05, 4.69) is 23.6 Å². The molecular formula is C18H24N2O4. The lowest BCUT2D eigenvalue weighted by atomic mass is 10.1. The highest BCUT2D eigenvalue weighted by molar-refractivity contribution is 5.86. The number of benzene rings is 1. The van der Waals surface area contributed by atoms with Crippen LogP contribution in [0, 0.1) is 12.8 Å². The van der Waals surface area contributed by atoms with Crippen molar-refractivity contribution in [2.75, 3.05) is 7.11 Å². The molecule has 24 heavy (non-hydrogen) atoms. The number of carbonyl (C=O) groups excluding carboxylic acids is 1. The summed E-state index contributed by atoms with van der Waals surface area (Å²) in [6.07, 6.45) is 4.75. The minimum atomic E-state index is -0.768. The first-order valence-corrected chi connectivity index (χ1v) is 7.57. The van der Waals surface area contributed by atoms with E-state index in [0.29, 0.717) is 23.6 Å². The van der Waals surface area contributed by atoms with Crippen molar-refractivity contribution in [2.45, 2.75) is 27.2 Å². The standard InChI is InChI=1S/C18H24N2O4/c1-12(2)9-14(19)7-8-20-15-6-5-13(3)16(10-15)24-17(11-21)18(22)23-4/h5-8,10-12,21H,9,19H2,1-4H3/b14-7-,17-11-,20-8?. The maximum atomic E-state index is 11.5. The molecule has 0 aliphatic rings. The molecule has 0 aliphatic carbocycles. The van der Waals surface area contributed by atoms with Crippen LogP contribution in [0.2, 0.25) is 0 Å². The molecule has 0 bridgehead atoms. The molecule has 0 radical (unpaired) electrons. The molecule has 0 amide bonds. The molecule has 3 N–H and O–H groups in total. The number of allylic oxidation sites excluding steroid dienone is 2. The van der Waals surface area contributed by atoms with Crippen LogP contribution >= 0.6 is 0 Å². The highest BCUT2D eigenvalue weighted by Gasteiger charge is 2.14. The summed E-state index contributed by atoms with van der Waals surface area (Å²) in [5, 5.41) is 9.08. The summed E-state index contributed by atoms with van der Waals surface area (Å²) in [6.45, 7) is 6.00. The highest BCUT2D eigenvalue weighted by Crippen LogP contribution is 2.26. The average molecular weight is 332 g/mol. The summed E-state index contributed by atoms with van der Waals surface area (Å²) in [6, 6.07) is 5.27. The van der Waals surface area contributed by atoms with Crippen molar-refractivity contribution in [1.29, 1.82) is 0 Å². The zero-order valence-electron chi connectivity index (χ0n) is 14.4. The Balaban J connectivity index is 2.92. The monoisotopic (exact) mass is 332 g/mol. The molecule has 0 spiro atoms. The molecule has 0 saturated heterocycles. The van der Waals surface area contributed by atoms with Crippen molar-refractivity contribution < 1.29 is 19.4 Å². The molecule has 1 rings (SSSR count). The van der Waals surface area contributed by atoms with Gasteiger partial charge in [0.25, 0.3) is 0 Å². The first kappa shape index (κ1) is 19.3. The van der Waals surface area contributed by atoms with Gasteiger partial charge in [0.1, 0.15) is 12.0 Å². The SMILES string of the molecule is COC(=O)/C(=C/O)Oc1cc(N=C/C=C(\N)CC(C)C)ccc1C. The molecule has 6 nitrogen and oxygen atoms in total. The Morgan fingerprint density at radius 3 is 2.71 bits per heavy atom. The number of methoxy groups -OCH3 is 1. The maximum Gasteiger partial charge on any atom is 0.377 e. The number of aliphatic hydroxyl groups excluding tert-OH is 1. The number of rotatable bonds is 7. The lowest BCUT2D eigenvalue weighted by Gasteiger charge is -2.10. The number of nitrogens with two attached hydrogens (primary N) is 1. The van der Waals surface area contributed by atoms with Gasteiger partial charge in [-0.05, 0) is 37.0 Å². The number of aryl methyl sites for hydroxylation is 1. The van der Waals surface area contributed by atoms with Crippen molar-refractivity contribution in [3.05, 3.63) is 47.6 Å². The van der Waals surface area contributed by atoms with E-state index in [9.17, 15) is 4.79 Å². The number of aliphatic imine (C=N–C) groups is 1. The summed E-state index contributed by atoms with van der Waals surface area (Å²) < 4.78 is 9.92. The minimum absolute atomic E-state index is 0.303. The molecule has 0 aliphatic heterocycles. The summed E-state index contributed by atoms with van der Waals surface area (Å²) in [5.74, 6) is -0.191. The van der Waals surface area contributed by atoms with E-state index in [-0.39, 0.29) is 5.76 Å². The van der Waals surface area contributed by atoms with E-state index in [1.165, 1.54) is 7.11 Å². The topological polar surface area (TPSA) is 94.1 Å². The van der Waals surface area contributed by atoms with Gasteiger partial charge in [-0.3, -0.25) is 4.99 Å². The predicted molar refractivity (Wildman–Crippen MR) is 94.4 cm³/mol. The second-order valence-electron chi connectivity index (χ2n) is 5.65. The molecule has 1 aromatic carbocycles.